The van der Waals surface area contributed by atoms with E-state index in [1.165, 1.54) is 23.4 Å². The van der Waals surface area contributed by atoms with Crippen molar-refractivity contribution in [2.45, 2.75) is 11.6 Å². The maximum Gasteiger partial charge on any atom is 0.230 e. The van der Waals surface area contributed by atoms with Crippen molar-refractivity contribution in [1.82, 2.24) is 15.3 Å². The van der Waals surface area contributed by atoms with Gasteiger partial charge in [0.2, 0.25) is 5.91 Å². The molecule has 0 fully saturated rings. The van der Waals surface area contributed by atoms with Gasteiger partial charge in [-0.05, 0) is 12.0 Å². The van der Waals surface area contributed by atoms with Crippen LogP contribution in [0.25, 0.3) is 0 Å². The van der Waals surface area contributed by atoms with Crippen molar-refractivity contribution in [2.75, 3.05) is 23.8 Å². The summed E-state index contributed by atoms with van der Waals surface area (Å²) in [4.78, 5) is 19.7. The van der Waals surface area contributed by atoms with Crippen molar-refractivity contribution in [2.24, 2.45) is 0 Å². The second-order valence-electron chi connectivity index (χ2n) is 4.37. The van der Waals surface area contributed by atoms with Crippen LogP contribution in [0.4, 0.5) is 11.6 Å². The molecule has 0 aliphatic rings. The molecular formula is C14H17N5OS. The highest BCUT2D eigenvalue weighted by Gasteiger charge is 2.06. The van der Waals surface area contributed by atoms with Crippen LogP contribution in [-0.4, -0.2) is 28.2 Å². The van der Waals surface area contributed by atoms with Gasteiger partial charge in [-0.25, -0.2) is 9.97 Å². The normalized spacial score (nSPS) is 10.3. The van der Waals surface area contributed by atoms with Crippen LogP contribution in [0.5, 0.6) is 0 Å². The van der Waals surface area contributed by atoms with Crippen LogP contribution in [0.2, 0.25) is 0 Å². The van der Waals surface area contributed by atoms with E-state index in [0.717, 1.165) is 6.42 Å². The molecule has 21 heavy (non-hydrogen) atoms. The van der Waals surface area contributed by atoms with Gasteiger partial charge >= 0.3 is 0 Å². The zero-order valence-corrected chi connectivity index (χ0v) is 12.3. The fourth-order valence-electron chi connectivity index (χ4n) is 1.70. The summed E-state index contributed by atoms with van der Waals surface area (Å²) in [6, 6.07) is 11.5. The fraction of sp³-hybridized carbons (Fsp3) is 0.214. The highest BCUT2D eigenvalue weighted by molar-refractivity contribution is 7.99. The Morgan fingerprint density at radius 2 is 1.81 bits per heavy atom. The number of nitrogens with one attached hydrogen (secondary N) is 1. The number of anilines is 2. The van der Waals surface area contributed by atoms with Crippen molar-refractivity contribution in [3.05, 3.63) is 42.0 Å². The van der Waals surface area contributed by atoms with Crippen LogP contribution in [0.1, 0.15) is 5.56 Å². The largest absolute Gasteiger partial charge is 0.383 e. The number of nitrogens with zero attached hydrogens (tertiary/aromatic N) is 2. The van der Waals surface area contributed by atoms with Crippen LogP contribution >= 0.6 is 11.8 Å². The maximum atomic E-state index is 11.7. The van der Waals surface area contributed by atoms with Crippen LogP contribution in [0.3, 0.4) is 0 Å². The molecule has 7 heteroatoms. The number of hydrogen-bond donors (Lipinski definition) is 3. The number of amides is 1. The molecule has 1 aromatic carbocycles. The van der Waals surface area contributed by atoms with Gasteiger partial charge in [-0.3, -0.25) is 4.79 Å². The average Bonchev–Trinajstić information content (AvgIpc) is 2.45. The Morgan fingerprint density at radius 3 is 2.48 bits per heavy atom. The molecule has 110 valence electrons. The number of hydrogen-bond acceptors (Lipinski definition) is 6. The summed E-state index contributed by atoms with van der Waals surface area (Å²) in [5, 5.41) is 3.26. The van der Waals surface area contributed by atoms with Crippen LogP contribution < -0.4 is 16.8 Å². The van der Waals surface area contributed by atoms with Crippen molar-refractivity contribution in [3.8, 4) is 0 Å². The fourth-order valence-corrected chi connectivity index (χ4v) is 2.40. The summed E-state index contributed by atoms with van der Waals surface area (Å²) in [5.74, 6) is 0.766. The minimum atomic E-state index is -0.0690. The highest BCUT2D eigenvalue weighted by atomic mass is 32.2. The third-order valence-electron chi connectivity index (χ3n) is 2.66. The summed E-state index contributed by atoms with van der Waals surface area (Å²) in [6.07, 6.45) is 0.805. The summed E-state index contributed by atoms with van der Waals surface area (Å²) >= 11 is 1.21. The second kappa shape index (κ2) is 7.49. The molecule has 0 aliphatic heterocycles. The Balaban J connectivity index is 1.72. The molecule has 0 radical (unpaired) electrons. The van der Waals surface area contributed by atoms with E-state index >= 15 is 0 Å². The first-order valence-corrected chi connectivity index (χ1v) is 7.45. The van der Waals surface area contributed by atoms with E-state index in [2.05, 4.69) is 15.3 Å². The predicted octanol–water partition coefficient (Wildman–Crippen LogP) is 1.09. The number of carbonyl (C=O) groups is 1. The van der Waals surface area contributed by atoms with Crippen molar-refractivity contribution < 1.29 is 4.79 Å². The minimum Gasteiger partial charge on any atom is -0.383 e. The predicted molar refractivity (Wildman–Crippen MR) is 84.7 cm³/mol. The number of rotatable bonds is 6. The smallest absolute Gasteiger partial charge is 0.230 e. The van der Waals surface area contributed by atoms with E-state index in [1.54, 1.807) is 0 Å². The summed E-state index contributed by atoms with van der Waals surface area (Å²) in [7, 11) is 0. The van der Waals surface area contributed by atoms with Crippen LogP contribution in [0, 0.1) is 0 Å². The van der Waals surface area contributed by atoms with Gasteiger partial charge in [0.15, 0.2) is 5.16 Å². The lowest BCUT2D eigenvalue weighted by Gasteiger charge is -2.05. The number of nitrogens with two attached hydrogens (primary N) is 2. The summed E-state index contributed by atoms with van der Waals surface area (Å²) < 4.78 is 0. The molecule has 6 nitrogen and oxygen atoms in total. The number of nitrogen functional groups attached to an aromatic ring is 2. The molecule has 1 aromatic heterocycles. The third kappa shape index (κ3) is 5.31. The van der Waals surface area contributed by atoms with E-state index in [1.807, 2.05) is 30.3 Å². The van der Waals surface area contributed by atoms with Gasteiger partial charge in [-0.1, -0.05) is 42.1 Å². The van der Waals surface area contributed by atoms with Crippen molar-refractivity contribution in [1.29, 1.82) is 0 Å². The molecule has 0 bridgehead atoms. The molecule has 0 saturated heterocycles. The lowest BCUT2D eigenvalue weighted by atomic mass is 10.1. The topological polar surface area (TPSA) is 107 Å². The maximum absolute atomic E-state index is 11.7. The van der Waals surface area contributed by atoms with E-state index < -0.39 is 0 Å². The molecular weight excluding hydrogens is 286 g/mol. The Morgan fingerprint density at radius 1 is 1.14 bits per heavy atom. The monoisotopic (exact) mass is 303 g/mol. The van der Waals surface area contributed by atoms with E-state index in [9.17, 15) is 4.79 Å². The number of benzene rings is 1. The van der Waals surface area contributed by atoms with Crippen LogP contribution in [-0.2, 0) is 11.2 Å². The first-order valence-electron chi connectivity index (χ1n) is 6.47. The van der Waals surface area contributed by atoms with Gasteiger partial charge in [-0.15, -0.1) is 0 Å². The Kier molecular flexibility index (Phi) is 5.39. The average molecular weight is 303 g/mol. The number of thioether (sulfide) groups is 1. The van der Waals surface area contributed by atoms with Gasteiger partial charge in [0, 0.05) is 12.6 Å². The molecule has 1 amide bonds. The Bertz CT molecular complexity index is 585. The summed E-state index contributed by atoms with van der Waals surface area (Å²) in [5.41, 5.74) is 12.3. The molecule has 0 unspecified atom stereocenters. The summed E-state index contributed by atoms with van der Waals surface area (Å²) in [6.45, 7) is 0.601. The van der Waals surface area contributed by atoms with E-state index in [4.69, 9.17) is 11.5 Å². The van der Waals surface area contributed by atoms with Gasteiger partial charge in [0.25, 0.3) is 0 Å². The molecule has 0 spiro atoms. The minimum absolute atomic E-state index is 0.0690. The van der Waals surface area contributed by atoms with E-state index in [0.29, 0.717) is 23.3 Å². The lowest BCUT2D eigenvalue weighted by molar-refractivity contribution is -0.118. The molecule has 1 heterocycles. The van der Waals surface area contributed by atoms with Crippen molar-refractivity contribution in [3.63, 3.8) is 0 Å². The Hall–Kier alpha value is -2.28. The molecule has 5 N–H and O–H groups in total. The standard InChI is InChI=1S/C14H17N5OS/c15-11-8-12(16)19-14(18-11)21-9-13(20)17-7-6-10-4-2-1-3-5-10/h1-5,8H,6-7,9H2,(H,17,20)(H4,15,16,18,19). The number of carbonyl (C=O) groups excluding carboxylic acids is 1. The molecule has 2 aromatic rings. The molecule has 2 rings (SSSR count). The SMILES string of the molecule is Nc1cc(N)nc(SCC(=O)NCCc2ccccc2)n1. The second-order valence-corrected chi connectivity index (χ2v) is 5.32. The molecule has 0 aliphatic carbocycles. The zero-order chi connectivity index (χ0) is 15.1. The first kappa shape index (κ1) is 15.1. The molecule has 0 atom stereocenters. The quantitative estimate of drug-likeness (QED) is 0.545. The molecule has 0 saturated carbocycles. The van der Waals surface area contributed by atoms with E-state index in [-0.39, 0.29) is 11.7 Å². The Labute approximate surface area is 127 Å². The zero-order valence-electron chi connectivity index (χ0n) is 11.5. The first-order chi connectivity index (χ1) is 10.1. The highest BCUT2D eigenvalue weighted by Crippen LogP contribution is 2.15. The van der Waals surface area contributed by atoms with Crippen LogP contribution in [0.15, 0.2) is 41.6 Å². The third-order valence-corrected chi connectivity index (χ3v) is 3.50. The van der Waals surface area contributed by atoms with Gasteiger partial charge in [-0.2, -0.15) is 0 Å². The van der Waals surface area contributed by atoms with Crippen molar-refractivity contribution >= 4 is 29.3 Å². The van der Waals surface area contributed by atoms with Gasteiger partial charge < -0.3 is 16.8 Å². The van der Waals surface area contributed by atoms with Gasteiger partial charge in [0.1, 0.15) is 11.6 Å². The lowest BCUT2D eigenvalue weighted by Crippen LogP contribution is -2.27. The van der Waals surface area contributed by atoms with Gasteiger partial charge in [0.05, 0.1) is 5.75 Å². The number of aromatic nitrogens is 2.